The Bertz CT molecular complexity index is 271. The molecule has 0 unspecified atom stereocenters. The lowest BCUT2D eigenvalue weighted by atomic mass is 10.1. The lowest BCUT2D eigenvalue weighted by molar-refractivity contribution is 0.180. The maximum atomic E-state index is 12.7. The fourth-order valence-corrected chi connectivity index (χ4v) is 1.07. The van der Waals surface area contributed by atoms with Crippen molar-refractivity contribution in [3.8, 4) is 0 Å². The molecular formula is C9H11F2NO. The van der Waals surface area contributed by atoms with Crippen LogP contribution in [0, 0.1) is 11.6 Å². The molecule has 1 rings (SSSR count). The number of nitrogens with two attached hydrogens (primary N) is 1. The van der Waals surface area contributed by atoms with E-state index in [1.165, 1.54) is 19.2 Å². The largest absolute Gasteiger partial charge is 0.383 e. The highest BCUT2D eigenvalue weighted by Crippen LogP contribution is 2.14. The molecule has 0 radical (unpaired) electrons. The first kappa shape index (κ1) is 10.1. The molecule has 13 heavy (non-hydrogen) atoms. The van der Waals surface area contributed by atoms with E-state index in [1.807, 2.05) is 0 Å². The first-order valence-corrected chi connectivity index (χ1v) is 3.84. The molecule has 0 fully saturated rings. The Morgan fingerprint density at radius 1 is 1.31 bits per heavy atom. The highest BCUT2D eigenvalue weighted by molar-refractivity contribution is 5.21. The maximum absolute atomic E-state index is 12.7. The van der Waals surface area contributed by atoms with Crippen molar-refractivity contribution in [1.82, 2.24) is 0 Å². The second-order valence-electron chi connectivity index (χ2n) is 2.76. The average molecular weight is 187 g/mol. The second kappa shape index (κ2) is 4.30. The monoisotopic (exact) mass is 187 g/mol. The van der Waals surface area contributed by atoms with E-state index >= 15 is 0 Å². The summed E-state index contributed by atoms with van der Waals surface area (Å²) in [5.74, 6) is -1.25. The van der Waals surface area contributed by atoms with Crippen molar-refractivity contribution in [3.63, 3.8) is 0 Å². The van der Waals surface area contributed by atoms with Crippen LogP contribution in [-0.4, -0.2) is 13.7 Å². The van der Waals surface area contributed by atoms with Crippen LogP contribution < -0.4 is 5.73 Å². The molecule has 0 bridgehead atoms. The number of halogens is 2. The molecule has 0 amide bonds. The van der Waals surface area contributed by atoms with Gasteiger partial charge in [0.15, 0.2) is 0 Å². The molecule has 0 spiro atoms. The van der Waals surface area contributed by atoms with Gasteiger partial charge in [-0.1, -0.05) is 0 Å². The molecule has 1 atom stereocenters. The van der Waals surface area contributed by atoms with Crippen molar-refractivity contribution in [2.75, 3.05) is 13.7 Å². The molecule has 0 saturated heterocycles. The number of benzene rings is 1. The summed E-state index contributed by atoms with van der Waals surface area (Å²) in [5.41, 5.74) is 5.99. The number of hydrogen-bond acceptors (Lipinski definition) is 2. The maximum Gasteiger partial charge on any atom is 0.126 e. The summed E-state index contributed by atoms with van der Waals surface area (Å²) < 4.78 is 30.2. The van der Waals surface area contributed by atoms with E-state index in [1.54, 1.807) is 0 Å². The first-order valence-electron chi connectivity index (χ1n) is 3.84. The minimum atomic E-state index is -0.624. The van der Waals surface area contributed by atoms with Crippen LogP contribution >= 0.6 is 0 Å². The van der Waals surface area contributed by atoms with Crippen LogP contribution in [0.3, 0.4) is 0 Å². The molecule has 2 N–H and O–H groups in total. The van der Waals surface area contributed by atoms with Gasteiger partial charge in [-0.05, 0) is 17.7 Å². The summed E-state index contributed by atoms with van der Waals surface area (Å²) >= 11 is 0. The number of hydrogen-bond donors (Lipinski definition) is 1. The van der Waals surface area contributed by atoms with Gasteiger partial charge in [-0.15, -0.1) is 0 Å². The van der Waals surface area contributed by atoms with Crippen molar-refractivity contribution < 1.29 is 13.5 Å². The summed E-state index contributed by atoms with van der Waals surface area (Å²) in [5, 5.41) is 0. The third-order valence-electron chi connectivity index (χ3n) is 1.66. The summed E-state index contributed by atoms with van der Waals surface area (Å²) in [6.07, 6.45) is 0. The molecule has 72 valence electrons. The number of rotatable bonds is 3. The van der Waals surface area contributed by atoms with Crippen LogP contribution in [0.2, 0.25) is 0 Å². The van der Waals surface area contributed by atoms with Crippen molar-refractivity contribution >= 4 is 0 Å². The summed E-state index contributed by atoms with van der Waals surface area (Å²) in [7, 11) is 1.48. The molecule has 0 aromatic heterocycles. The van der Waals surface area contributed by atoms with E-state index in [-0.39, 0.29) is 6.61 Å². The summed E-state index contributed by atoms with van der Waals surface area (Å²) in [6.45, 7) is 0.239. The van der Waals surface area contributed by atoms with Gasteiger partial charge in [-0.2, -0.15) is 0 Å². The third-order valence-corrected chi connectivity index (χ3v) is 1.66. The Morgan fingerprint density at radius 3 is 2.31 bits per heavy atom. The van der Waals surface area contributed by atoms with Gasteiger partial charge in [0.05, 0.1) is 12.6 Å². The van der Waals surface area contributed by atoms with E-state index in [0.29, 0.717) is 5.56 Å². The molecule has 1 aromatic carbocycles. The Balaban J connectivity index is 2.87. The smallest absolute Gasteiger partial charge is 0.126 e. The second-order valence-corrected chi connectivity index (χ2v) is 2.76. The van der Waals surface area contributed by atoms with Gasteiger partial charge in [0.1, 0.15) is 11.6 Å². The minimum absolute atomic E-state index is 0.239. The Labute approximate surface area is 75.3 Å². The molecule has 4 heteroatoms. The number of ether oxygens (including phenoxy) is 1. The molecule has 0 aliphatic carbocycles. The summed E-state index contributed by atoms with van der Waals surface area (Å²) in [6, 6.07) is 2.72. The number of methoxy groups -OCH3 is 1. The zero-order valence-corrected chi connectivity index (χ0v) is 7.26. The quantitative estimate of drug-likeness (QED) is 0.780. The zero-order chi connectivity index (χ0) is 9.84. The third kappa shape index (κ3) is 2.75. The van der Waals surface area contributed by atoms with Gasteiger partial charge < -0.3 is 10.5 Å². The topological polar surface area (TPSA) is 35.2 Å². The molecule has 0 saturated carbocycles. The standard InChI is InChI=1S/C9H11F2NO/c1-13-5-9(12)6-2-7(10)4-8(11)3-6/h2-4,9H,5,12H2,1H3/t9-/m0/s1. The van der Waals surface area contributed by atoms with Crippen molar-refractivity contribution in [2.24, 2.45) is 5.73 Å². The Hall–Kier alpha value is -1.00. The zero-order valence-electron chi connectivity index (χ0n) is 7.26. The normalized spacial score (nSPS) is 12.9. The van der Waals surface area contributed by atoms with E-state index in [0.717, 1.165) is 6.07 Å². The van der Waals surface area contributed by atoms with Crippen LogP contribution in [0.5, 0.6) is 0 Å². The highest BCUT2D eigenvalue weighted by Gasteiger charge is 2.08. The van der Waals surface area contributed by atoms with Gasteiger partial charge in [-0.25, -0.2) is 8.78 Å². The molecule has 0 aliphatic rings. The van der Waals surface area contributed by atoms with Gasteiger partial charge in [0.25, 0.3) is 0 Å². The highest BCUT2D eigenvalue weighted by atomic mass is 19.1. The van der Waals surface area contributed by atoms with Gasteiger partial charge in [0.2, 0.25) is 0 Å². The summed E-state index contributed by atoms with van der Waals surface area (Å²) in [4.78, 5) is 0. The minimum Gasteiger partial charge on any atom is -0.383 e. The van der Waals surface area contributed by atoms with E-state index < -0.39 is 17.7 Å². The first-order chi connectivity index (χ1) is 6.13. The predicted octanol–water partition coefficient (Wildman–Crippen LogP) is 1.61. The van der Waals surface area contributed by atoms with Gasteiger partial charge in [0, 0.05) is 13.2 Å². The fraction of sp³-hybridized carbons (Fsp3) is 0.333. The van der Waals surface area contributed by atoms with Crippen LogP contribution in [-0.2, 0) is 4.74 Å². The van der Waals surface area contributed by atoms with E-state index in [2.05, 4.69) is 0 Å². The van der Waals surface area contributed by atoms with Crippen molar-refractivity contribution in [2.45, 2.75) is 6.04 Å². The SMILES string of the molecule is COC[C@H](N)c1cc(F)cc(F)c1. The van der Waals surface area contributed by atoms with E-state index in [9.17, 15) is 8.78 Å². The van der Waals surface area contributed by atoms with Crippen LogP contribution in [0.25, 0.3) is 0 Å². The molecule has 2 nitrogen and oxygen atoms in total. The predicted molar refractivity (Wildman–Crippen MR) is 45.2 cm³/mol. The fourth-order valence-electron chi connectivity index (χ4n) is 1.07. The van der Waals surface area contributed by atoms with Crippen molar-refractivity contribution in [3.05, 3.63) is 35.4 Å². The van der Waals surface area contributed by atoms with Crippen LogP contribution in [0.1, 0.15) is 11.6 Å². The van der Waals surface area contributed by atoms with Crippen molar-refractivity contribution in [1.29, 1.82) is 0 Å². The Kier molecular flexibility index (Phi) is 3.33. The molecular weight excluding hydrogens is 176 g/mol. The van der Waals surface area contributed by atoms with Gasteiger partial charge in [-0.3, -0.25) is 0 Å². The molecule has 0 heterocycles. The van der Waals surface area contributed by atoms with Gasteiger partial charge >= 0.3 is 0 Å². The lowest BCUT2D eigenvalue weighted by Crippen LogP contribution is -2.16. The van der Waals surface area contributed by atoms with E-state index in [4.69, 9.17) is 10.5 Å². The molecule has 1 aromatic rings. The Morgan fingerprint density at radius 2 is 1.85 bits per heavy atom. The molecule has 0 aliphatic heterocycles. The average Bonchev–Trinajstić information content (AvgIpc) is 2.03. The van der Waals surface area contributed by atoms with Crippen LogP contribution in [0.4, 0.5) is 8.78 Å². The van der Waals surface area contributed by atoms with Crippen LogP contribution in [0.15, 0.2) is 18.2 Å². The lowest BCUT2D eigenvalue weighted by Gasteiger charge is -2.10.